The molecular formula is C18H30BrNS. The van der Waals surface area contributed by atoms with Crippen LogP contribution in [0.2, 0.25) is 0 Å². The second kappa shape index (κ2) is 9.91. The van der Waals surface area contributed by atoms with Gasteiger partial charge in [0.2, 0.25) is 0 Å². The quantitative estimate of drug-likeness (QED) is 0.572. The van der Waals surface area contributed by atoms with Gasteiger partial charge in [-0.1, -0.05) is 41.1 Å². The Morgan fingerprint density at radius 3 is 2.57 bits per heavy atom. The van der Waals surface area contributed by atoms with E-state index in [2.05, 4.69) is 85.0 Å². The van der Waals surface area contributed by atoms with Crippen LogP contribution in [-0.4, -0.2) is 23.6 Å². The molecule has 0 heterocycles. The highest BCUT2D eigenvalue weighted by Gasteiger charge is 2.15. The van der Waals surface area contributed by atoms with E-state index in [1.165, 1.54) is 34.4 Å². The van der Waals surface area contributed by atoms with E-state index in [1.807, 2.05) is 0 Å². The van der Waals surface area contributed by atoms with Crippen LogP contribution in [0.5, 0.6) is 0 Å². The van der Waals surface area contributed by atoms with E-state index in [4.69, 9.17) is 0 Å². The van der Waals surface area contributed by atoms with Gasteiger partial charge in [0, 0.05) is 10.0 Å². The molecule has 1 atom stereocenters. The van der Waals surface area contributed by atoms with E-state index in [-0.39, 0.29) is 5.54 Å². The maximum atomic E-state index is 3.68. The molecule has 0 aliphatic heterocycles. The van der Waals surface area contributed by atoms with Crippen molar-refractivity contribution in [3.05, 3.63) is 34.3 Å². The van der Waals surface area contributed by atoms with Gasteiger partial charge in [-0.05, 0) is 75.6 Å². The van der Waals surface area contributed by atoms with Gasteiger partial charge in [0.1, 0.15) is 0 Å². The van der Waals surface area contributed by atoms with E-state index < -0.39 is 0 Å². The average molecular weight is 372 g/mol. The zero-order valence-corrected chi connectivity index (χ0v) is 16.3. The fraction of sp³-hybridized carbons (Fsp3) is 0.667. The van der Waals surface area contributed by atoms with Crippen molar-refractivity contribution in [1.29, 1.82) is 0 Å². The van der Waals surface area contributed by atoms with Gasteiger partial charge in [0.15, 0.2) is 0 Å². The number of nitrogens with one attached hydrogen (secondary N) is 1. The van der Waals surface area contributed by atoms with Crippen molar-refractivity contribution in [3.8, 4) is 0 Å². The highest BCUT2D eigenvalue weighted by molar-refractivity contribution is 9.10. The first-order valence-corrected chi connectivity index (χ1v) is 9.93. The number of halogens is 1. The van der Waals surface area contributed by atoms with Crippen LogP contribution in [-0.2, 0) is 6.42 Å². The van der Waals surface area contributed by atoms with E-state index in [0.29, 0.717) is 5.92 Å². The summed E-state index contributed by atoms with van der Waals surface area (Å²) in [7, 11) is 0. The molecule has 3 heteroatoms. The van der Waals surface area contributed by atoms with Gasteiger partial charge in [-0.2, -0.15) is 11.8 Å². The summed E-state index contributed by atoms with van der Waals surface area (Å²) in [6.45, 7) is 10.1. The molecule has 0 aliphatic carbocycles. The van der Waals surface area contributed by atoms with Crippen LogP contribution in [0.1, 0.15) is 46.1 Å². The maximum absolute atomic E-state index is 3.68. The molecule has 21 heavy (non-hydrogen) atoms. The van der Waals surface area contributed by atoms with Gasteiger partial charge < -0.3 is 5.32 Å². The first-order chi connectivity index (χ1) is 9.92. The van der Waals surface area contributed by atoms with Crippen LogP contribution in [0.3, 0.4) is 0 Å². The molecule has 0 radical (unpaired) electrons. The molecule has 1 rings (SSSR count). The van der Waals surface area contributed by atoms with Crippen LogP contribution in [0, 0.1) is 5.92 Å². The highest BCUT2D eigenvalue weighted by atomic mass is 79.9. The summed E-state index contributed by atoms with van der Waals surface area (Å²) in [6.07, 6.45) is 3.78. The van der Waals surface area contributed by atoms with Crippen molar-refractivity contribution < 1.29 is 0 Å². The normalized spacial score (nSPS) is 13.4. The Labute approximate surface area is 143 Å². The summed E-state index contributed by atoms with van der Waals surface area (Å²) < 4.78 is 1.24. The zero-order valence-electron chi connectivity index (χ0n) is 13.9. The molecule has 0 aromatic heterocycles. The standard InChI is InChI=1S/C18H30BrNS/c1-5-21-12-8-9-15(14-20-18(2,3)4)13-16-10-6-7-11-17(16)19/h6-7,10-11,15,20H,5,8-9,12-14H2,1-4H3. The molecule has 120 valence electrons. The first kappa shape index (κ1) is 19.1. The van der Waals surface area contributed by atoms with Gasteiger partial charge in [-0.15, -0.1) is 0 Å². The molecule has 0 aliphatic rings. The lowest BCUT2D eigenvalue weighted by molar-refractivity contribution is 0.355. The van der Waals surface area contributed by atoms with Gasteiger partial charge in [-0.25, -0.2) is 0 Å². The second-order valence-corrected chi connectivity index (χ2v) is 8.88. The number of rotatable bonds is 9. The molecule has 0 saturated carbocycles. The summed E-state index contributed by atoms with van der Waals surface area (Å²) in [4.78, 5) is 0. The number of benzene rings is 1. The smallest absolute Gasteiger partial charge is 0.0207 e. The third-order valence-corrected chi connectivity index (χ3v) is 5.25. The van der Waals surface area contributed by atoms with Crippen molar-refractivity contribution >= 4 is 27.7 Å². The highest BCUT2D eigenvalue weighted by Crippen LogP contribution is 2.22. The zero-order chi connectivity index (χ0) is 15.7. The van der Waals surface area contributed by atoms with Crippen LogP contribution < -0.4 is 5.32 Å². The lowest BCUT2D eigenvalue weighted by Gasteiger charge is -2.26. The predicted molar refractivity (Wildman–Crippen MR) is 101 cm³/mol. The van der Waals surface area contributed by atoms with E-state index in [1.54, 1.807) is 0 Å². The molecule has 1 aromatic carbocycles. The second-order valence-electron chi connectivity index (χ2n) is 6.63. The SMILES string of the molecule is CCSCCCC(CNC(C)(C)C)Cc1ccccc1Br. The van der Waals surface area contributed by atoms with Gasteiger partial charge in [0.25, 0.3) is 0 Å². The molecular weight excluding hydrogens is 342 g/mol. The summed E-state index contributed by atoms with van der Waals surface area (Å²) in [5.41, 5.74) is 1.63. The van der Waals surface area contributed by atoms with Gasteiger partial charge in [0.05, 0.1) is 0 Å². The van der Waals surface area contributed by atoms with Crippen molar-refractivity contribution in [2.45, 2.75) is 52.5 Å². The van der Waals surface area contributed by atoms with Crippen molar-refractivity contribution in [1.82, 2.24) is 5.32 Å². The predicted octanol–water partition coefficient (Wildman–Crippen LogP) is 5.53. The monoisotopic (exact) mass is 371 g/mol. The number of hydrogen-bond donors (Lipinski definition) is 1. The molecule has 1 N–H and O–H groups in total. The first-order valence-electron chi connectivity index (χ1n) is 7.98. The summed E-state index contributed by atoms with van der Waals surface area (Å²) in [5.74, 6) is 3.23. The fourth-order valence-electron chi connectivity index (χ4n) is 2.32. The van der Waals surface area contributed by atoms with Gasteiger partial charge in [-0.3, -0.25) is 0 Å². The van der Waals surface area contributed by atoms with Crippen molar-refractivity contribution in [2.75, 3.05) is 18.1 Å². The average Bonchev–Trinajstić information content (AvgIpc) is 2.42. The van der Waals surface area contributed by atoms with E-state index in [9.17, 15) is 0 Å². The van der Waals surface area contributed by atoms with Crippen LogP contribution in [0.25, 0.3) is 0 Å². The Hall–Kier alpha value is 0.01000. The van der Waals surface area contributed by atoms with Crippen LogP contribution in [0.4, 0.5) is 0 Å². The van der Waals surface area contributed by atoms with E-state index in [0.717, 1.165) is 13.0 Å². The topological polar surface area (TPSA) is 12.0 Å². The minimum atomic E-state index is 0.199. The largest absolute Gasteiger partial charge is 0.312 e. The lowest BCUT2D eigenvalue weighted by Crippen LogP contribution is -2.39. The Morgan fingerprint density at radius 2 is 1.95 bits per heavy atom. The molecule has 0 spiro atoms. The Bertz CT molecular complexity index is 400. The minimum absolute atomic E-state index is 0.199. The van der Waals surface area contributed by atoms with Crippen LogP contribution >= 0.6 is 27.7 Å². The van der Waals surface area contributed by atoms with Crippen molar-refractivity contribution in [2.24, 2.45) is 5.92 Å². The summed E-state index contributed by atoms with van der Waals surface area (Å²) >= 11 is 5.74. The maximum Gasteiger partial charge on any atom is 0.0207 e. The molecule has 0 amide bonds. The van der Waals surface area contributed by atoms with Crippen LogP contribution in [0.15, 0.2) is 28.7 Å². The minimum Gasteiger partial charge on any atom is -0.312 e. The summed E-state index contributed by atoms with van der Waals surface area (Å²) in [6, 6.07) is 8.63. The number of thioether (sulfide) groups is 1. The lowest BCUT2D eigenvalue weighted by atomic mass is 9.94. The molecule has 1 aromatic rings. The molecule has 1 nitrogen and oxygen atoms in total. The Kier molecular flexibility index (Phi) is 9.00. The van der Waals surface area contributed by atoms with E-state index >= 15 is 0 Å². The molecule has 1 unspecified atom stereocenters. The third kappa shape index (κ3) is 8.90. The Morgan fingerprint density at radius 1 is 1.24 bits per heavy atom. The molecule has 0 saturated heterocycles. The third-order valence-electron chi connectivity index (χ3n) is 3.49. The number of hydrogen-bond acceptors (Lipinski definition) is 2. The van der Waals surface area contributed by atoms with Gasteiger partial charge >= 0.3 is 0 Å². The van der Waals surface area contributed by atoms with Crippen molar-refractivity contribution in [3.63, 3.8) is 0 Å². The fourth-order valence-corrected chi connectivity index (χ4v) is 3.43. The molecule has 0 bridgehead atoms. The summed E-state index contributed by atoms with van der Waals surface area (Å²) in [5, 5.41) is 3.68. The molecule has 0 fully saturated rings. The Balaban J connectivity index is 2.56.